The summed E-state index contributed by atoms with van der Waals surface area (Å²) in [5.74, 6) is -0.551. The molecule has 0 amide bonds. The van der Waals surface area contributed by atoms with Crippen molar-refractivity contribution in [1.29, 1.82) is 0 Å². The topological polar surface area (TPSA) is 89.3 Å². The number of carboxylic acids is 1. The minimum Gasteiger partial charge on any atom is -0.475 e. The van der Waals surface area contributed by atoms with E-state index in [1.54, 1.807) is 24.4 Å². The lowest BCUT2D eigenvalue weighted by atomic mass is 10.3. The molecule has 6 heteroatoms. The zero-order valence-electron chi connectivity index (χ0n) is 9.66. The van der Waals surface area contributed by atoms with Crippen molar-refractivity contribution >= 4 is 23.4 Å². The number of hydrogen-bond donors (Lipinski definition) is 2. The van der Waals surface area contributed by atoms with Crippen LogP contribution in [0.4, 0.5) is 5.69 Å². The number of nitrogens with zero attached hydrogens (tertiary/aromatic N) is 1. The van der Waals surface area contributed by atoms with E-state index in [0.29, 0.717) is 16.5 Å². The van der Waals surface area contributed by atoms with E-state index < -0.39 is 5.97 Å². The van der Waals surface area contributed by atoms with Crippen molar-refractivity contribution in [3.63, 3.8) is 0 Å². The minimum atomic E-state index is -1.07. The predicted octanol–water partition coefficient (Wildman–Crippen LogP) is 2.81. The van der Waals surface area contributed by atoms with Crippen LogP contribution in [0.15, 0.2) is 39.9 Å². The number of carboxylic acid groups (broad SMARTS) is 1. The molecule has 2 heterocycles. The molecule has 94 valence electrons. The quantitative estimate of drug-likeness (QED) is 0.825. The molecular formula is C12H12N2O3S. The van der Waals surface area contributed by atoms with Gasteiger partial charge in [0, 0.05) is 6.20 Å². The largest absolute Gasteiger partial charge is 0.475 e. The summed E-state index contributed by atoms with van der Waals surface area (Å²) < 4.78 is 5.23. The molecule has 5 nitrogen and oxygen atoms in total. The lowest BCUT2D eigenvalue weighted by molar-refractivity contribution is 0.0660. The second-order valence-corrected chi connectivity index (χ2v) is 4.99. The summed E-state index contributed by atoms with van der Waals surface area (Å²) >= 11 is 1.43. The molecule has 0 fully saturated rings. The van der Waals surface area contributed by atoms with E-state index in [0.717, 1.165) is 0 Å². The second-order valence-electron chi connectivity index (χ2n) is 3.67. The molecule has 3 N–H and O–H groups in total. The van der Waals surface area contributed by atoms with Crippen molar-refractivity contribution in [3.8, 4) is 0 Å². The number of furan rings is 1. The lowest BCUT2D eigenvalue weighted by Crippen LogP contribution is -1.94. The van der Waals surface area contributed by atoms with Gasteiger partial charge >= 0.3 is 5.97 Å². The smallest absolute Gasteiger partial charge is 0.371 e. The van der Waals surface area contributed by atoms with E-state index in [1.165, 1.54) is 17.8 Å². The van der Waals surface area contributed by atoms with Gasteiger partial charge in [0.25, 0.3) is 0 Å². The number of rotatable bonds is 4. The van der Waals surface area contributed by atoms with E-state index in [9.17, 15) is 4.79 Å². The molecular weight excluding hydrogens is 252 g/mol. The Bertz CT molecular complexity index is 568. The second kappa shape index (κ2) is 5.14. The molecule has 0 spiro atoms. The molecule has 0 bridgehead atoms. The molecule has 0 aliphatic carbocycles. The summed E-state index contributed by atoms with van der Waals surface area (Å²) in [6, 6.07) is 6.63. The minimum absolute atomic E-state index is 0.0599. The van der Waals surface area contributed by atoms with E-state index in [4.69, 9.17) is 15.3 Å². The fourth-order valence-corrected chi connectivity index (χ4v) is 2.32. The molecule has 2 rings (SSSR count). The van der Waals surface area contributed by atoms with Gasteiger partial charge in [-0.1, -0.05) is 11.8 Å². The molecule has 0 saturated carbocycles. The van der Waals surface area contributed by atoms with Crippen LogP contribution in [0.5, 0.6) is 0 Å². The average molecular weight is 264 g/mol. The molecule has 2 aromatic rings. The average Bonchev–Trinajstić information content (AvgIpc) is 2.81. The van der Waals surface area contributed by atoms with Crippen molar-refractivity contribution in [1.82, 2.24) is 4.98 Å². The molecule has 18 heavy (non-hydrogen) atoms. The molecule has 0 aliphatic heterocycles. The number of hydrogen-bond acceptors (Lipinski definition) is 5. The number of anilines is 1. The molecule has 0 aliphatic rings. The third-order valence-electron chi connectivity index (χ3n) is 2.33. The van der Waals surface area contributed by atoms with Gasteiger partial charge in [-0.15, -0.1) is 0 Å². The molecule has 1 atom stereocenters. The summed E-state index contributed by atoms with van der Waals surface area (Å²) in [7, 11) is 0. The maximum Gasteiger partial charge on any atom is 0.371 e. The SMILES string of the molecule is CC(Sc1ncccc1N)c1ccc(C(=O)O)o1. The van der Waals surface area contributed by atoms with E-state index in [1.807, 2.05) is 6.92 Å². The van der Waals surface area contributed by atoms with Gasteiger partial charge in [0.05, 0.1) is 10.9 Å². The fourth-order valence-electron chi connectivity index (χ4n) is 1.41. The van der Waals surface area contributed by atoms with E-state index >= 15 is 0 Å². The highest BCUT2D eigenvalue weighted by atomic mass is 32.2. The van der Waals surface area contributed by atoms with Crippen molar-refractivity contribution in [2.75, 3.05) is 5.73 Å². The number of aromatic nitrogens is 1. The number of pyridine rings is 1. The summed E-state index contributed by atoms with van der Waals surface area (Å²) in [6.45, 7) is 1.91. The van der Waals surface area contributed by atoms with Crippen LogP contribution in [-0.2, 0) is 0 Å². The molecule has 0 saturated heterocycles. The van der Waals surface area contributed by atoms with Crippen LogP contribution in [0.2, 0.25) is 0 Å². The number of nitrogen functional groups attached to an aromatic ring is 1. The Hall–Kier alpha value is -1.95. The molecule has 2 aromatic heterocycles. The Balaban J connectivity index is 2.14. The first-order chi connectivity index (χ1) is 8.58. The van der Waals surface area contributed by atoms with Crippen molar-refractivity contribution < 1.29 is 14.3 Å². The Labute approximate surface area is 108 Å². The molecule has 0 radical (unpaired) electrons. The van der Waals surface area contributed by atoms with Crippen molar-refractivity contribution in [2.24, 2.45) is 0 Å². The van der Waals surface area contributed by atoms with Gasteiger partial charge in [-0.3, -0.25) is 0 Å². The maximum atomic E-state index is 10.7. The van der Waals surface area contributed by atoms with Gasteiger partial charge in [-0.2, -0.15) is 0 Å². The van der Waals surface area contributed by atoms with Crippen LogP contribution in [0.25, 0.3) is 0 Å². The highest BCUT2D eigenvalue weighted by molar-refractivity contribution is 7.99. The van der Waals surface area contributed by atoms with Crippen LogP contribution in [0.3, 0.4) is 0 Å². The Morgan fingerprint density at radius 3 is 2.89 bits per heavy atom. The highest BCUT2D eigenvalue weighted by Crippen LogP contribution is 2.36. The standard InChI is InChI=1S/C12H12N2O3S/c1-7(9-4-5-10(17-9)12(15)16)18-11-8(13)3-2-6-14-11/h2-7H,13H2,1H3,(H,15,16). The van der Waals surface area contributed by atoms with Gasteiger partial charge in [-0.05, 0) is 31.2 Å². The van der Waals surface area contributed by atoms with Gasteiger partial charge in [0.2, 0.25) is 5.76 Å². The summed E-state index contributed by atoms with van der Waals surface area (Å²) in [6.07, 6.45) is 1.66. The monoisotopic (exact) mass is 264 g/mol. The molecule has 1 unspecified atom stereocenters. The van der Waals surface area contributed by atoms with Crippen LogP contribution in [0.1, 0.15) is 28.5 Å². The van der Waals surface area contributed by atoms with E-state index in [-0.39, 0.29) is 11.0 Å². The van der Waals surface area contributed by atoms with Gasteiger partial charge in [0.1, 0.15) is 10.8 Å². The van der Waals surface area contributed by atoms with Crippen LogP contribution in [-0.4, -0.2) is 16.1 Å². The van der Waals surface area contributed by atoms with E-state index in [2.05, 4.69) is 4.98 Å². The van der Waals surface area contributed by atoms with Crippen molar-refractivity contribution in [2.45, 2.75) is 17.2 Å². The Kier molecular flexibility index (Phi) is 3.57. The summed E-state index contributed by atoms with van der Waals surface area (Å²) in [5, 5.41) is 9.43. The lowest BCUT2D eigenvalue weighted by Gasteiger charge is -2.09. The third-order valence-corrected chi connectivity index (χ3v) is 3.48. The Morgan fingerprint density at radius 2 is 2.28 bits per heavy atom. The van der Waals surface area contributed by atoms with Crippen LogP contribution in [0, 0.1) is 0 Å². The maximum absolute atomic E-state index is 10.7. The van der Waals surface area contributed by atoms with Crippen LogP contribution >= 0.6 is 11.8 Å². The number of thioether (sulfide) groups is 1. The Morgan fingerprint density at radius 1 is 1.50 bits per heavy atom. The summed E-state index contributed by atoms with van der Waals surface area (Å²) in [4.78, 5) is 14.9. The first-order valence-electron chi connectivity index (χ1n) is 5.28. The number of nitrogens with two attached hydrogens (primary N) is 1. The number of carbonyl (C=O) groups is 1. The summed E-state index contributed by atoms with van der Waals surface area (Å²) in [5.41, 5.74) is 6.39. The zero-order valence-corrected chi connectivity index (χ0v) is 10.5. The first kappa shape index (κ1) is 12.5. The van der Waals surface area contributed by atoms with Gasteiger partial charge in [0.15, 0.2) is 0 Å². The zero-order chi connectivity index (χ0) is 13.1. The van der Waals surface area contributed by atoms with Gasteiger partial charge in [-0.25, -0.2) is 9.78 Å². The molecule has 0 aromatic carbocycles. The third kappa shape index (κ3) is 2.65. The van der Waals surface area contributed by atoms with Gasteiger partial charge < -0.3 is 15.3 Å². The number of aromatic carboxylic acids is 1. The normalized spacial score (nSPS) is 12.3. The van der Waals surface area contributed by atoms with Crippen molar-refractivity contribution in [3.05, 3.63) is 42.0 Å². The first-order valence-corrected chi connectivity index (χ1v) is 6.16. The van der Waals surface area contributed by atoms with Crippen LogP contribution < -0.4 is 5.73 Å². The predicted molar refractivity (Wildman–Crippen MR) is 68.6 cm³/mol. The highest BCUT2D eigenvalue weighted by Gasteiger charge is 2.16. The fraction of sp³-hybridized carbons (Fsp3) is 0.167.